The lowest BCUT2D eigenvalue weighted by atomic mass is 9.82. The van der Waals surface area contributed by atoms with E-state index in [1.165, 1.54) is 0 Å². The SMILES string of the molecule is CC(C)(C)OC(=O)NC(CC1CCC(N=C(NC(=O)OCc2ccccc2)NC(=O)OCc2ccccc2)CC1)C(=O)O. The van der Waals surface area contributed by atoms with Crippen molar-refractivity contribution in [3.8, 4) is 0 Å². The number of rotatable bonds is 9. The zero-order valence-corrected chi connectivity index (χ0v) is 24.7. The van der Waals surface area contributed by atoms with Crippen LogP contribution in [-0.2, 0) is 32.2 Å². The van der Waals surface area contributed by atoms with E-state index in [0.717, 1.165) is 11.1 Å². The van der Waals surface area contributed by atoms with E-state index in [9.17, 15) is 24.3 Å². The summed E-state index contributed by atoms with van der Waals surface area (Å²) in [5.41, 5.74) is 0.848. The maximum atomic E-state index is 12.5. The van der Waals surface area contributed by atoms with Gasteiger partial charge in [-0.25, -0.2) is 24.2 Å². The molecule has 0 bridgehead atoms. The topological polar surface area (TPSA) is 165 Å². The van der Waals surface area contributed by atoms with Gasteiger partial charge in [0, 0.05) is 0 Å². The Balaban J connectivity index is 1.58. The van der Waals surface area contributed by atoms with Crippen molar-refractivity contribution in [2.24, 2.45) is 10.9 Å². The number of carbonyl (C=O) groups is 4. The van der Waals surface area contributed by atoms with Crippen LogP contribution in [0.4, 0.5) is 14.4 Å². The molecule has 3 rings (SSSR count). The Bertz CT molecular complexity index is 1180. The van der Waals surface area contributed by atoms with Gasteiger partial charge in [0.1, 0.15) is 24.9 Å². The van der Waals surface area contributed by atoms with Crippen LogP contribution in [-0.4, -0.2) is 53.0 Å². The number of ether oxygens (including phenoxy) is 3. The molecule has 1 atom stereocenters. The third-order valence-electron chi connectivity index (χ3n) is 6.55. The monoisotopic (exact) mass is 596 g/mol. The highest BCUT2D eigenvalue weighted by Gasteiger charge is 2.30. The second-order valence-corrected chi connectivity index (χ2v) is 11.3. The van der Waals surface area contributed by atoms with Gasteiger partial charge in [-0.1, -0.05) is 60.7 Å². The van der Waals surface area contributed by atoms with Crippen LogP contribution >= 0.6 is 0 Å². The third-order valence-corrected chi connectivity index (χ3v) is 6.55. The molecule has 0 aliphatic heterocycles. The molecule has 0 spiro atoms. The van der Waals surface area contributed by atoms with Gasteiger partial charge < -0.3 is 24.6 Å². The molecule has 43 heavy (non-hydrogen) atoms. The summed E-state index contributed by atoms with van der Waals surface area (Å²) in [5.74, 6) is -1.21. The van der Waals surface area contributed by atoms with E-state index >= 15 is 0 Å². The Morgan fingerprint density at radius 3 is 1.74 bits per heavy atom. The molecule has 232 valence electrons. The standard InChI is InChI=1S/C31H40N4O8/c1-31(2,3)43-30(40)33-25(26(36)37)18-21-14-16-24(17-15-21)32-27(34-28(38)41-19-22-10-6-4-7-11-22)35-29(39)42-20-23-12-8-5-9-13-23/h4-13,21,24-25H,14-20H2,1-3H3,(H,33,40)(H,36,37)(H2,32,34,35,38,39). The van der Waals surface area contributed by atoms with E-state index in [2.05, 4.69) is 20.9 Å². The number of guanidine groups is 1. The van der Waals surface area contributed by atoms with Crippen LogP contribution in [0.1, 0.15) is 64.0 Å². The number of carboxylic acids is 1. The van der Waals surface area contributed by atoms with Crippen molar-refractivity contribution in [2.75, 3.05) is 0 Å². The largest absolute Gasteiger partial charge is 0.480 e. The summed E-state index contributed by atoms with van der Waals surface area (Å²) in [5, 5.41) is 17.1. The molecule has 12 nitrogen and oxygen atoms in total. The van der Waals surface area contributed by atoms with Crippen LogP contribution in [0.2, 0.25) is 0 Å². The van der Waals surface area contributed by atoms with Crippen molar-refractivity contribution < 1.29 is 38.5 Å². The van der Waals surface area contributed by atoms with E-state index in [1.807, 2.05) is 60.7 Å². The summed E-state index contributed by atoms with van der Waals surface area (Å²) in [7, 11) is 0. The number of nitrogens with one attached hydrogen (secondary N) is 3. The number of alkyl carbamates (subject to hydrolysis) is 3. The lowest BCUT2D eigenvalue weighted by Gasteiger charge is -2.29. The number of benzene rings is 2. The number of hydrogen-bond acceptors (Lipinski definition) is 8. The van der Waals surface area contributed by atoms with Crippen molar-refractivity contribution in [3.63, 3.8) is 0 Å². The zero-order chi connectivity index (χ0) is 31.2. The molecule has 1 saturated carbocycles. The Morgan fingerprint density at radius 1 is 0.814 bits per heavy atom. The minimum Gasteiger partial charge on any atom is -0.480 e. The molecule has 0 radical (unpaired) electrons. The molecule has 1 aliphatic carbocycles. The van der Waals surface area contributed by atoms with E-state index in [0.29, 0.717) is 25.7 Å². The van der Waals surface area contributed by atoms with E-state index in [1.54, 1.807) is 20.8 Å². The normalized spacial score (nSPS) is 17.0. The highest BCUT2D eigenvalue weighted by Crippen LogP contribution is 2.29. The second kappa shape index (κ2) is 16.1. The maximum Gasteiger partial charge on any atom is 0.414 e. The minimum atomic E-state index is -1.13. The summed E-state index contributed by atoms with van der Waals surface area (Å²) in [6.07, 6.45) is 0.304. The molecule has 2 aromatic rings. The molecule has 0 aromatic heterocycles. The fourth-order valence-electron chi connectivity index (χ4n) is 4.50. The molecule has 12 heteroatoms. The Labute approximate surface area is 251 Å². The lowest BCUT2D eigenvalue weighted by Crippen LogP contribution is -2.45. The molecule has 0 heterocycles. The summed E-state index contributed by atoms with van der Waals surface area (Å²) >= 11 is 0. The first-order chi connectivity index (χ1) is 20.5. The lowest BCUT2D eigenvalue weighted by molar-refractivity contribution is -0.140. The van der Waals surface area contributed by atoms with Gasteiger partial charge in [0.05, 0.1) is 6.04 Å². The number of nitrogens with zero attached hydrogens (tertiary/aromatic N) is 1. The predicted octanol–water partition coefficient (Wildman–Crippen LogP) is 5.12. The number of carbonyl (C=O) groups excluding carboxylic acids is 3. The van der Waals surface area contributed by atoms with E-state index in [-0.39, 0.29) is 37.6 Å². The van der Waals surface area contributed by atoms with E-state index in [4.69, 9.17) is 14.2 Å². The molecule has 1 fully saturated rings. The van der Waals surface area contributed by atoms with Crippen LogP contribution < -0.4 is 16.0 Å². The fourth-order valence-corrected chi connectivity index (χ4v) is 4.50. The molecule has 3 amide bonds. The molecule has 1 unspecified atom stereocenters. The third kappa shape index (κ3) is 12.8. The van der Waals surface area contributed by atoms with Gasteiger partial charge in [-0.05, 0) is 69.9 Å². The highest BCUT2D eigenvalue weighted by atomic mass is 16.6. The van der Waals surface area contributed by atoms with Crippen LogP contribution in [0.3, 0.4) is 0 Å². The maximum absolute atomic E-state index is 12.5. The van der Waals surface area contributed by atoms with Crippen molar-refractivity contribution in [2.45, 2.75) is 83.8 Å². The number of aliphatic imine (C=N–C) groups is 1. The Morgan fingerprint density at radius 2 is 1.30 bits per heavy atom. The van der Waals surface area contributed by atoms with Gasteiger partial charge in [-0.3, -0.25) is 10.6 Å². The summed E-state index contributed by atoms with van der Waals surface area (Å²) < 4.78 is 15.8. The first kappa shape index (κ1) is 32.9. The minimum absolute atomic E-state index is 0.0264. The number of amides is 3. The molecular formula is C31H40N4O8. The van der Waals surface area contributed by atoms with E-state index < -0.39 is 35.9 Å². The van der Waals surface area contributed by atoms with Crippen molar-refractivity contribution in [3.05, 3.63) is 71.8 Å². The summed E-state index contributed by atoms with van der Waals surface area (Å²) in [6.45, 7) is 5.17. The first-order valence-electron chi connectivity index (χ1n) is 14.2. The molecule has 2 aromatic carbocycles. The van der Waals surface area contributed by atoms with Crippen LogP contribution in [0, 0.1) is 5.92 Å². The van der Waals surface area contributed by atoms with Crippen molar-refractivity contribution >= 4 is 30.2 Å². The quantitative estimate of drug-likeness (QED) is 0.176. The van der Waals surface area contributed by atoms with Crippen LogP contribution in [0.5, 0.6) is 0 Å². The van der Waals surface area contributed by atoms with Gasteiger partial charge in [0.25, 0.3) is 0 Å². The Kier molecular flexibility index (Phi) is 12.3. The van der Waals surface area contributed by atoms with Gasteiger partial charge in [-0.2, -0.15) is 0 Å². The fraction of sp³-hybridized carbons (Fsp3) is 0.452. The van der Waals surface area contributed by atoms with Gasteiger partial charge in [0.15, 0.2) is 0 Å². The first-order valence-corrected chi connectivity index (χ1v) is 14.2. The average molecular weight is 597 g/mol. The van der Waals surface area contributed by atoms with Crippen LogP contribution in [0.25, 0.3) is 0 Å². The molecule has 4 N–H and O–H groups in total. The highest BCUT2D eigenvalue weighted by molar-refractivity contribution is 6.01. The molecule has 1 aliphatic rings. The smallest absolute Gasteiger partial charge is 0.414 e. The predicted molar refractivity (Wildman–Crippen MR) is 158 cm³/mol. The van der Waals surface area contributed by atoms with Crippen LogP contribution in [0.15, 0.2) is 65.7 Å². The van der Waals surface area contributed by atoms with Crippen molar-refractivity contribution in [1.29, 1.82) is 0 Å². The second-order valence-electron chi connectivity index (χ2n) is 11.3. The van der Waals surface area contributed by atoms with Gasteiger partial charge in [-0.15, -0.1) is 0 Å². The molecule has 0 saturated heterocycles. The van der Waals surface area contributed by atoms with Crippen molar-refractivity contribution in [1.82, 2.24) is 16.0 Å². The number of hydrogen-bond donors (Lipinski definition) is 4. The Hall–Kier alpha value is -4.61. The summed E-state index contributed by atoms with van der Waals surface area (Å²) in [4.78, 5) is 53.5. The average Bonchev–Trinajstić information content (AvgIpc) is 2.95. The van der Waals surface area contributed by atoms with Gasteiger partial charge in [0.2, 0.25) is 5.96 Å². The number of carboxylic acid groups (broad SMARTS) is 1. The van der Waals surface area contributed by atoms with Gasteiger partial charge >= 0.3 is 24.2 Å². The number of aliphatic carboxylic acids is 1. The molecular weight excluding hydrogens is 556 g/mol. The zero-order valence-electron chi connectivity index (χ0n) is 24.7. The summed E-state index contributed by atoms with van der Waals surface area (Å²) in [6, 6.07) is 17.0.